The van der Waals surface area contributed by atoms with Crippen molar-refractivity contribution in [1.29, 1.82) is 0 Å². The summed E-state index contributed by atoms with van der Waals surface area (Å²) >= 11 is 1.49. The number of cyclic esters (lactones) is 1. The van der Waals surface area contributed by atoms with E-state index in [-0.39, 0.29) is 13.0 Å². The van der Waals surface area contributed by atoms with E-state index in [4.69, 9.17) is 9.47 Å². The largest absolute Gasteiger partial charge is 0.497 e. The van der Waals surface area contributed by atoms with E-state index in [2.05, 4.69) is 0 Å². The molecule has 1 aliphatic rings. The number of halogens is 1. The van der Waals surface area contributed by atoms with Crippen LogP contribution in [0.1, 0.15) is 5.56 Å². The van der Waals surface area contributed by atoms with Gasteiger partial charge in [-0.05, 0) is 46.7 Å². The number of carbonyl (C=O) groups is 1. The van der Waals surface area contributed by atoms with Crippen LogP contribution < -0.4 is 9.64 Å². The van der Waals surface area contributed by atoms with Crippen LogP contribution in [0.2, 0.25) is 0 Å². The molecule has 1 aliphatic heterocycles. The van der Waals surface area contributed by atoms with Crippen LogP contribution in [-0.2, 0) is 11.2 Å². The molecule has 0 bridgehead atoms. The van der Waals surface area contributed by atoms with Crippen LogP contribution in [0.3, 0.4) is 0 Å². The van der Waals surface area contributed by atoms with Gasteiger partial charge in [-0.3, -0.25) is 4.90 Å². The van der Waals surface area contributed by atoms with Gasteiger partial charge in [0.25, 0.3) is 5.85 Å². The zero-order valence-electron chi connectivity index (χ0n) is 11.4. The third kappa shape index (κ3) is 2.85. The Morgan fingerprint density at radius 2 is 2.14 bits per heavy atom. The molecule has 1 atom stereocenters. The van der Waals surface area contributed by atoms with Crippen molar-refractivity contribution in [2.75, 3.05) is 18.6 Å². The third-order valence-electron chi connectivity index (χ3n) is 3.32. The maximum absolute atomic E-state index is 14.7. The lowest BCUT2D eigenvalue weighted by atomic mass is 10.1. The molecule has 0 saturated carbocycles. The van der Waals surface area contributed by atoms with Crippen molar-refractivity contribution < 1.29 is 18.7 Å². The number of hydrogen-bond donors (Lipinski definition) is 0. The van der Waals surface area contributed by atoms with Gasteiger partial charge in [0.1, 0.15) is 5.75 Å². The Kier molecular flexibility index (Phi) is 3.55. The van der Waals surface area contributed by atoms with Gasteiger partial charge >= 0.3 is 6.09 Å². The number of methoxy groups -OCH3 is 1. The molecule has 1 unspecified atom stereocenters. The van der Waals surface area contributed by atoms with E-state index in [0.29, 0.717) is 11.4 Å². The molecule has 1 amide bonds. The van der Waals surface area contributed by atoms with Crippen LogP contribution in [0.25, 0.3) is 0 Å². The van der Waals surface area contributed by atoms with Crippen molar-refractivity contribution in [3.8, 4) is 5.75 Å². The average molecular weight is 307 g/mol. The summed E-state index contributed by atoms with van der Waals surface area (Å²) in [6, 6.07) is 8.68. The lowest BCUT2D eigenvalue weighted by Crippen LogP contribution is -2.32. The van der Waals surface area contributed by atoms with Gasteiger partial charge in [0.2, 0.25) is 0 Å². The van der Waals surface area contributed by atoms with Crippen LogP contribution in [-0.4, -0.2) is 25.6 Å². The Labute approximate surface area is 125 Å². The van der Waals surface area contributed by atoms with Gasteiger partial charge in [-0.15, -0.1) is 0 Å². The summed E-state index contributed by atoms with van der Waals surface area (Å²) in [7, 11) is 1.56. The Hall–Kier alpha value is -2.08. The summed E-state index contributed by atoms with van der Waals surface area (Å²) in [5.74, 6) is -1.31. The van der Waals surface area contributed by atoms with Gasteiger partial charge < -0.3 is 9.47 Å². The SMILES string of the molecule is COc1ccc(N2CC(F)(Cc3ccsc3)OC2=O)cc1. The Morgan fingerprint density at radius 1 is 1.38 bits per heavy atom. The fourth-order valence-corrected chi connectivity index (χ4v) is 2.96. The number of alkyl halides is 1. The van der Waals surface area contributed by atoms with E-state index in [0.717, 1.165) is 5.56 Å². The second-order valence-electron chi connectivity index (χ2n) is 4.84. The molecule has 2 aromatic rings. The molecular weight excluding hydrogens is 293 g/mol. The van der Waals surface area contributed by atoms with Crippen LogP contribution in [0, 0.1) is 0 Å². The van der Waals surface area contributed by atoms with Gasteiger partial charge in [0.15, 0.2) is 0 Å². The molecule has 21 heavy (non-hydrogen) atoms. The van der Waals surface area contributed by atoms with Crippen molar-refractivity contribution in [2.24, 2.45) is 0 Å². The van der Waals surface area contributed by atoms with E-state index in [1.807, 2.05) is 16.8 Å². The molecule has 4 nitrogen and oxygen atoms in total. The molecule has 0 radical (unpaired) electrons. The highest BCUT2D eigenvalue weighted by Gasteiger charge is 2.46. The minimum absolute atomic E-state index is 0.0644. The van der Waals surface area contributed by atoms with E-state index < -0.39 is 11.9 Å². The van der Waals surface area contributed by atoms with Crippen molar-refractivity contribution in [2.45, 2.75) is 12.3 Å². The molecule has 0 aliphatic carbocycles. The van der Waals surface area contributed by atoms with Gasteiger partial charge in [0.05, 0.1) is 13.7 Å². The first-order valence-electron chi connectivity index (χ1n) is 6.44. The summed E-state index contributed by atoms with van der Waals surface area (Å²) in [6.45, 7) is -0.117. The molecule has 0 N–H and O–H groups in total. The van der Waals surface area contributed by atoms with Crippen LogP contribution in [0.4, 0.5) is 14.9 Å². The Bertz CT molecular complexity index is 629. The molecule has 1 aromatic heterocycles. The maximum Gasteiger partial charge on any atom is 0.417 e. The number of anilines is 1. The van der Waals surface area contributed by atoms with Gasteiger partial charge in [-0.2, -0.15) is 15.7 Å². The van der Waals surface area contributed by atoms with Crippen molar-refractivity contribution in [3.05, 3.63) is 46.7 Å². The first-order valence-corrected chi connectivity index (χ1v) is 7.38. The highest BCUT2D eigenvalue weighted by molar-refractivity contribution is 7.07. The minimum atomic E-state index is -1.99. The van der Waals surface area contributed by atoms with Crippen molar-refractivity contribution in [1.82, 2.24) is 0 Å². The first kappa shape index (κ1) is 13.9. The Morgan fingerprint density at radius 3 is 2.76 bits per heavy atom. The predicted octanol–water partition coefficient (Wildman–Crippen LogP) is 3.62. The van der Waals surface area contributed by atoms with E-state index in [1.165, 1.54) is 16.2 Å². The molecule has 6 heteroatoms. The number of benzene rings is 1. The number of rotatable bonds is 4. The minimum Gasteiger partial charge on any atom is -0.497 e. The standard InChI is InChI=1S/C15H14FNO3S/c1-19-13-4-2-12(3-5-13)17-10-15(16,20-14(17)18)8-11-6-7-21-9-11/h2-7,9H,8,10H2,1H3. The normalized spacial score (nSPS) is 21.4. The molecule has 1 fully saturated rings. The van der Waals surface area contributed by atoms with Gasteiger partial charge in [0, 0.05) is 12.1 Å². The first-order chi connectivity index (χ1) is 10.1. The number of carbonyl (C=O) groups excluding carboxylic acids is 1. The number of nitrogens with zero attached hydrogens (tertiary/aromatic N) is 1. The summed E-state index contributed by atoms with van der Waals surface area (Å²) in [5, 5.41) is 3.72. The van der Waals surface area contributed by atoms with Crippen LogP contribution in [0.5, 0.6) is 5.75 Å². The highest BCUT2D eigenvalue weighted by Crippen LogP contribution is 2.33. The van der Waals surface area contributed by atoms with E-state index in [1.54, 1.807) is 31.4 Å². The smallest absolute Gasteiger partial charge is 0.417 e. The predicted molar refractivity (Wildman–Crippen MR) is 78.7 cm³/mol. The topological polar surface area (TPSA) is 38.8 Å². The number of hydrogen-bond acceptors (Lipinski definition) is 4. The van der Waals surface area contributed by atoms with Crippen LogP contribution in [0.15, 0.2) is 41.1 Å². The van der Waals surface area contributed by atoms with Gasteiger partial charge in [-0.1, -0.05) is 0 Å². The second-order valence-corrected chi connectivity index (χ2v) is 5.62. The second kappa shape index (κ2) is 5.37. The number of amides is 1. The molecule has 3 rings (SSSR count). The molecule has 0 spiro atoms. The fourth-order valence-electron chi connectivity index (χ4n) is 2.29. The molecule has 1 saturated heterocycles. The molecule has 110 valence electrons. The fraction of sp³-hybridized carbons (Fsp3) is 0.267. The van der Waals surface area contributed by atoms with Crippen LogP contribution >= 0.6 is 11.3 Å². The summed E-state index contributed by atoms with van der Waals surface area (Å²) in [5.41, 5.74) is 1.41. The van der Waals surface area contributed by atoms with Crippen molar-refractivity contribution >= 4 is 23.1 Å². The van der Waals surface area contributed by atoms with E-state index in [9.17, 15) is 9.18 Å². The molecular formula is C15H14FNO3S. The average Bonchev–Trinajstić information content (AvgIpc) is 3.07. The zero-order valence-corrected chi connectivity index (χ0v) is 12.2. The zero-order chi connectivity index (χ0) is 14.9. The van der Waals surface area contributed by atoms with Crippen molar-refractivity contribution in [3.63, 3.8) is 0 Å². The quantitative estimate of drug-likeness (QED) is 0.866. The summed E-state index contributed by atoms with van der Waals surface area (Å²) in [4.78, 5) is 13.2. The third-order valence-corrected chi connectivity index (χ3v) is 4.05. The van der Waals surface area contributed by atoms with E-state index >= 15 is 0 Å². The monoisotopic (exact) mass is 307 g/mol. The summed E-state index contributed by atoms with van der Waals surface area (Å²) < 4.78 is 24.7. The maximum atomic E-state index is 14.7. The molecule has 2 heterocycles. The lowest BCUT2D eigenvalue weighted by molar-refractivity contribution is -0.0561. The number of ether oxygens (including phenoxy) is 2. The lowest BCUT2D eigenvalue weighted by Gasteiger charge is -2.17. The summed E-state index contributed by atoms with van der Waals surface area (Å²) in [6.07, 6.45) is -0.604. The number of thiophene rings is 1. The molecule has 1 aromatic carbocycles. The van der Waals surface area contributed by atoms with Gasteiger partial charge in [-0.25, -0.2) is 4.79 Å². The highest BCUT2D eigenvalue weighted by atomic mass is 32.1. The Balaban J connectivity index is 1.77.